The fourth-order valence-corrected chi connectivity index (χ4v) is 3.89. The minimum absolute atomic E-state index is 0.0912. The number of carbonyl (C=O) groups is 1. The van der Waals surface area contributed by atoms with Crippen LogP contribution in [-0.4, -0.2) is 5.91 Å². The van der Waals surface area contributed by atoms with E-state index in [1.165, 1.54) is 6.08 Å². The van der Waals surface area contributed by atoms with Crippen LogP contribution in [0.25, 0.3) is 6.08 Å². The molecule has 0 saturated heterocycles. The number of nitriles is 1. The molecular weight excluding hydrogens is 519 g/mol. The number of hydrogen-bond donors (Lipinski definition) is 1. The van der Waals surface area contributed by atoms with E-state index in [1.807, 2.05) is 61.5 Å². The molecule has 0 unspecified atom stereocenters. The molecule has 0 fully saturated rings. The zero-order valence-electron chi connectivity index (χ0n) is 20.6. The van der Waals surface area contributed by atoms with Crippen LogP contribution in [0.15, 0.2) is 96.6 Å². The zero-order chi connectivity index (χ0) is 26.9. The van der Waals surface area contributed by atoms with Gasteiger partial charge in [-0.05, 0) is 67.1 Å². The van der Waals surface area contributed by atoms with Crippen LogP contribution < -0.4 is 14.8 Å². The quantitative estimate of drug-likeness (QED) is 0.172. The fraction of sp³-hybridized carbons (Fsp3) is 0.0968. The van der Waals surface area contributed by atoms with Gasteiger partial charge >= 0.3 is 0 Å². The summed E-state index contributed by atoms with van der Waals surface area (Å²) in [5, 5.41) is 13.5. The van der Waals surface area contributed by atoms with Gasteiger partial charge in [0.25, 0.3) is 5.91 Å². The molecule has 0 radical (unpaired) electrons. The van der Waals surface area contributed by atoms with Crippen molar-refractivity contribution in [3.63, 3.8) is 0 Å². The highest BCUT2D eigenvalue weighted by molar-refractivity contribution is 6.31. The molecule has 190 valence electrons. The third-order valence-electron chi connectivity index (χ3n) is 5.62. The summed E-state index contributed by atoms with van der Waals surface area (Å²) in [4.78, 5) is 12.9. The Morgan fingerprint density at radius 1 is 0.921 bits per heavy atom. The Balaban J connectivity index is 1.43. The summed E-state index contributed by atoms with van der Waals surface area (Å²) in [7, 11) is 0. The first kappa shape index (κ1) is 26.8. The van der Waals surface area contributed by atoms with E-state index in [9.17, 15) is 10.1 Å². The van der Waals surface area contributed by atoms with Gasteiger partial charge in [-0.15, -0.1) is 0 Å². The number of rotatable bonds is 9. The molecule has 5 nitrogen and oxygen atoms in total. The second kappa shape index (κ2) is 12.8. The van der Waals surface area contributed by atoms with Crippen LogP contribution in [0.3, 0.4) is 0 Å². The molecule has 0 aromatic heterocycles. The van der Waals surface area contributed by atoms with Gasteiger partial charge in [0.2, 0.25) is 0 Å². The first-order valence-corrected chi connectivity index (χ1v) is 12.5. The van der Waals surface area contributed by atoms with Gasteiger partial charge in [0, 0.05) is 26.9 Å². The van der Waals surface area contributed by atoms with Crippen molar-refractivity contribution >= 4 is 40.9 Å². The standard InChI is InChI=1S/C31H24Cl2N2O3/c1-21-6-8-22(9-7-21)19-38-30-15-10-26(32)17-24(30)16-25(18-34)31(36)35-27-11-13-28(14-12-27)37-20-23-4-2-3-5-29(23)33/h2-17H,19-20H2,1H3,(H,35,36)/b25-16+. The topological polar surface area (TPSA) is 71.3 Å². The number of aryl methyl sites for hydroxylation is 1. The predicted octanol–water partition coefficient (Wildman–Crippen LogP) is 8.01. The van der Waals surface area contributed by atoms with E-state index in [0.717, 1.165) is 16.7 Å². The summed E-state index contributed by atoms with van der Waals surface area (Å²) in [5.41, 5.74) is 3.98. The highest BCUT2D eigenvalue weighted by atomic mass is 35.5. The fourth-order valence-electron chi connectivity index (χ4n) is 3.52. The minimum atomic E-state index is -0.554. The Labute approximate surface area is 231 Å². The van der Waals surface area contributed by atoms with Gasteiger partial charge < -0.3 is 14.8 Å². The van der Waals surface area contributed by atoms with Crippen LogP contribution >= 0.6 is 23.2 Å². The van der Waals surface area contributed by atoms with Crippen molar-refractivity contribution in [1.82, 2.24) is 0 Å². The summed E-state index contributed by atoms with van der Waals surface area (Å²) in [6, 6.07) is 29.4. The van der Waals surface area contributed by atoms with E-state index in [1.54, 1.807) is 42.5 Å². The summed E-state index contributed by atoms with van der Waals surface area (Å²) >= 11 is 12.4. The van der Waals surface area contributed by atoms with Crippen LogP contribution in [0.1, 0.15) is 22.3 Å². The van der Waals surface area contributed by atoms with Crippen molar-refractivity contribution in [3.05, 3.63) is 129 Å². The Bertz CT molecular complexity index is 1490. The lowest BCUT2D eigenvalue weighted by Crippen LogP contribution is -2.13. The number of amides is 1. The summed E-state index contributed by atoms with van der Waals surface area (Å²) in [6.07, 6.45) is 1.47. The third kappa shape index (κ3) is 7.39. The number of benzene rings is 4. The highest BCUT2D eigenvalue weighted by Crippen LogP contribution is 2.27. The van der Waals surface area contributed by atoms with Crippen LogP contribution in [0, 0.1) is 18.3 Å². The average Bonchev–Trinajstić information content (AvgIpc) is 2.92. The van der Waals surface area contributed by atoms with Gasteiger partial charge in [-0.2, -0.15) is 5.26 Å². The molecule has 0 bridgehead atoms. The Hall–Kier alpha value is -4.24. The lowest BCUT2D eigenvalue weighted by Gasteiger charge is -2.11. The van der Waals surface area contributed by atoms with Gasteiger partial charge in [0.15, 0.2) is 0 Å². The van der Waals surface area contributed by atoms with Gasteiger partial charge in [0.1, 0.15) is 36.4 Å². The molecule has 0 heterocycles. The van der Waals surface area contributed by atoms with E-state index in [0.29, 0.717) is 46.0 Å². The third-order valence-corrected chi connectivity index (χ3v) is 6.22. The number of nitrogens with one attached hydrogen (secondary N) is 1. The number of nitrogens with zero attached hydrogens (tertiary/aromatic N) is 1. The van der Waals surface area contributed by atoms with Crippen LogP contribution in [0.2, 0.25) is 10.0 Å². The van der Waals surface area contributed by atoms with Crippen LogP contribution in [0.5, 0.6) is 11.5 Å². The molecular formula is C31H24Cl2N2O3. The van der Waals surface area contributed by atoms with Crippen molar-refractivity contribution in [2.24, 2.45) is 0 Å². The summed E-state index contributed by atoms with van der Waals surface area (Å²) < 4.78 is 11.7. The number of carbonyl (C=O) groups excluding carboxylic acids is 1. The monoisotopic (exact) mass is 542 g/mol. The molecule has 4 rings (SSSR count). The molecule has 4 aromatic rings. The average molecular weight is 543 g/mol. The molecule has 1 amide bonds. The van der Waals surface area contributed by atoms with Crippen molar-refractivity contribution in [3.8, 4) is 17.6 Å². The van der Waals surface area contributed by atoms with Crippen LogP contribution in [-0.2, 0) is 18.0 Å². The first-order chi connectivity index (χ1) is 18.4. The maximum atomic E-state index is 12.9. The van der Waals surface area contributed by atoms with Crippen LogP contribution in [0.4, 0.5) is 5.69 Å². The van der Waals surface area contributed by atoms with Crippen molar-refractivity contribution < 1.29 is 14.3 Å². The lowest BCUT2D eigenvalue weighted by molar-refractivity contribution is -0.112. The van der Waals surface area contributed by atoms with Crippen molar-refractivity contribution in [1.29, 1.82) is 5.26 Å². The largest absolute Gasteiger partial charge is 0.489 e. The second-order valence-corrected chi connectivity index (χ2v) is 9.33. The van der Waals surface area contributed by atoms with E-state index in [-0.39, 0.29) is 5.57 Å². The first-order valence-electron chi connectivity index (χ1n) is 11.8. The number of ether oxygens (including phenoxy) is 2. The van der Waals surface area contributed by atoms with Gasteiger partial charge in [-0.3, -0.25) is 4.79 Å². The zero-order valence-corrected chi connectivity index (χ0v) is 22.1. The normalized spacial score (nSPS) is 10.9. The maximum absolute atomic E-state index is 12.9. The van der Waals surface area contributed by atoms with Gasteiger partial charge in [-0.1, -0.05) is 71.2 Å². The van der Waals surface area contributed by atoms with E-state index >= 15 is 0 Å². The number of halogens is 2. The van der Waals surface area contributed by atoms with Gasteiger partial charge in [0.05, 0.1) is 0 Å². The van der Waals surface area contributed by atoms with E-state index in [4.69, 9.17) is 32.7 Å². The maximum Gasteiger partial charge on any atom is 0.266 e. The minimum Gasteiger partial charge on any atom is -0.489 e. The van der Waals surface area contributed by atoms with Crippen molar-refractivity contribution in [2.45, 2.75) is 20.1 Å². The summed E-state index contributed by atoms with van der Waals surface area (Å²) in [6.45, 7) is 2.67. The SMILES string of the molecule is Cc1ccc(COc2ccc(Cl)cc2/C=C(\C#N)C(=O)Nc2ccc(OCc3ccccc3Cl)cc2)cc1. The molecule has 38 heavy (non-hydrogen) atoms. The molecule has 0 aliphatic rings. The molecule has 0 atom stereocenters. The molecule has 7 heteroatoms. The summed E-state index contributed by atoms with van der Waals surface area (Å²) in [5.74, 6) is 0.575. The molecule has 0 aliphatic heterocycles. The Kier molecular flexibility index (Phi) is 9.05. The second-order valence-electron chi connectivity index (χ2n) is 8.48. The Morgan fingerprint density at radius 2 is 1.66 bits per heavy atom. The smallest absolute Gasteiger partial charge is 0.266 e. The molecule has 0 spiro atoms. The molecule has 0 saturated carbocycles. The Morgan fingerprint density at radius 3 is 2.37 bits per heavy atom. The molecule has 1 N–H and O–H groups in total. The highest BCUT2D eigenvalue weighted by Gasteiger charge is 2.13. The van der Waals surface area contributed by atoms with E-state index < -0.39 is 5.91 Å². The molecule has 4 aromatic carbocycles. The lowest BCUT2D eigenvalue weighted by atomic mass is 10.1. The van der Waals surface area contributed by atoms with Crippen molar-refractivity contribution in [2.75, 3.05) is 5.32 Å². The van der Waals surface area contributed by atoms with Gasteiger partial charge in [-0.25, -0.2) is 0 Å². The van der Waals surface area contributed by atoms with E-state index in [2.05, 4.69) is 5.32 Å². The number of hydrogen-bond acceptors (Lipinski definition) is 4. The number of anilines is 1. The predicted molar refractivity (Wildman–Crippen MR) is 151 cm³/mol. The molecule has 0 aliphatic carbocycles.